The molecule has 5 aromatic rings. The third kappa shape index (κ3) is 4.48. The standard InChI is InChI=1S/C23H16FN5.C6H13N/c1-28-8-7-18-21(28)13-26-23(15-5-6-20-17(9-15)12-27-29(20)2)22(18)14-3-4-16(11-25)19(24)10-14;1-7-5-3-2-4-6-7/h3-10,12-13H,1-2H3;2-6H2,1H3. The summed E-state index contributed by atoms with van der Waals surface area (Å²) in [5.41, 5.74) is 5.23. The number of hydrogen-bond acceptors (Lipinski definition) is 4. The lowest BCUT2D eigenvalue weighted by Crippen LogP contribution is -2.24. The molecule has 182 valence electrons. The molecular weight excluding hydrogens is 451 g/mol. The van der Waals surface area contributed by atoms with Crippen LogP contribution < -0.4 is 0 Å². The Labute approximate surface area is 210 Å². The normalized spacial score (nSPS) is 14.0. The van der Waals surface area contributed by atoms with Crippen molar-refractivity contribution in [3.63, 3.8) is 0 Å². The van der Waals surface area contributed by atoms with Gasteiger partial charge in [0.1, 0.15) is 11.9 Å². The van der Waals surface area contributed by atoms with Crippen molar-refractivity contribution in [2.45, 2.75) is 19.3 Å². The Morgan fingerprint density at radius 1 is 0.889 bits per heavy atom. The molecule has 4 heterocycles. The second kappa shape index (κ2) is 9.92. The fourth-order valence-electron chi connectivity index (χ4n) is 4.87. The minimum Gasteiger partial charge on any atom is -0.349 e. The molecule has 0 unspecified atom stereocenters. The molecule has 36 heavy (non-hydrogen) atoms. The molecule has 0 bridgehead atoms. The smallest absolute Gasteiger partial charge is 0.141 e. The van der Waals surface area contributed by atoms with Crippen LogP contribution in [-0.4, -0.2) is 44.4 Å². The van der Waals surface area contributed by atoms with Crippen LogP contribution in [0.3, 0.4) is 0 Å². The molecule has 1 saturated heterocycles. The predicted octanol–water partition coefficient (Wildman–Crippen LogP) is 5.91. The van der Waals surface area contributed by atoms with E-state index in [-0.39, 0.29) is 5.56 Å². The third-order valence-corrected chi connectivity index (χ3v) is 6.92. The van der Waals surface area contributed by atoms with E-state index in [0.29, 0.717) is 5.56 Å². The van der Waals surface area contributed by atoms with Crippen molar-refractivity contribution >= 4 is 21.8 Å². The highest BCUT2D eigenvalue weighted by molar-refractivity contribution is 6.02. The highest BCUT2D eigenvalue weighted by Crippen LogP contribution is 2.38. The molecular formula is C29H29FN6. The number of nitriles is 1. The zero-order valence-electron chi connectivity index (χ0n) is 20.9. The van der Waals surface area contributed by atoms with Gasteiger partial charge in [-0.2, -0.15) is 10.4 Å². The van der Waals surface area contributed by atoms with Gasteiger partial charge in [-0.05, 0) is 68.9 Å². The number of halogens is 1. The van der Waals surface area contributed by atoms with Crippen LogP contribution in [0.5, 0.6) is 0 Å². The van der Waals surface area contributed by atoms with Crippen molar-refractivity contribution in [2.24, 2.45) is 14.1 Å². The lowest BCUT2D eigenvalue weighted by Gasteiger charge is -2.20. The van der Waals surface area contributed by atoms with Gasteiger partial charge < -0.3 is 9.47 Å². The summed E-state index contributed by atoms with van der Waals surface area (Å²) in [6, 6.07) is 14.6. The van der Waals surface area contributed by atoms with Crippen LogP contribution >= 0.6 is 0 Å². The van der Waals surface area contributed by atoms with Crippen LogP contribution in [0.15, 0.2) is 61.1 Å². The largest absolute Gasteiger partial charge is 0.349 e. The van der Waals surface area contributed by atoms with E-state index in [9.17, 15) is 4.39 Å². The summed E-state index contributed by atoms with van der Waals surface area (Å²) < 4.78 is 18.2. The zero-order valence-corrected chi connectivity index (χ0v) is 20.9. The minimum absolute atomic E-state index is 0.0280. The molecule has 0 radical (unpaired) electrons. The summed E-state index contributed by atoms with van der Waals surface area (Å²) in [6.07, 6.45) is 9.89. The Morgan fingerprint density at radius 2 is 1.67 bits per heavy atom. The van der Waals surface area contributed by atoms with E-state index in [1.165, 1.54) is 44.5 Å². The SMILES string of the molecule is CN1CCCCC1.Cn1ccc2c(-c3ccc(C#N)c(F)c3)c(-c3ccc4c(cnn4C)c3)ncc21. The maximum atomic E-state index is 14.4. The summed E-state index contributed by atoms with van der Waals surface area (Å²) in [5, 5.41) is 15.4. The molecule has 6 nitrogen and oxygen atoms in total. The number of aryl methyl sites for hydroxylation is 2. The van der Waals surface area contributed by atoms with E-state index < -0.39 is 5.82 Å². The number of benzene rings is 2. The van der Waals surface area contributed by atoms with E-state index in [0.717, 1.165) is 38.6 Å². The maximum absolute atomic E-state index is 14.4. The molecule has 0 N–H and O–H groups in total. The van der Waals surface area contributed by atoms with Crippen LogP contribution in [0.25, 0.3) is 44.2 Å². The molecule has 3 aromatic heterocycles. The molecule has 0 amide bonds. The summed E-state index contributed by atoms with van der Waals surface area (Å²) in [6.45, 7) is 2.64. The summed E-state index contributed by atoms with van der Waals surface area (Å²) in [7, 11) is 6.05. The summed E-state index contributed by atoms with van der Waals surface area (Å²) in [4.78, 5) is 7.13. The summed E-state index contributed by atoms with van der Waals surface area (Å²) in [5.74, 6) is -0.536. The second-order valence-corrected chi connectivity index (χ2v) is 9.42. The average molecular weight is 481 g/mol. The Morgan fingerprint density at radius 3 is 2.36 bits per heavy atom. The highest BCUT2D eigenvalue weighted by Gasteiger charge is 2.17. The Kier molecular flexibility index (Phi) is 6.53. The van der Waals surface area contributed by atoms with Crippen LogP contribution in [0.1, 0.15) is 24.8 Å². The van der Waals surface area contributed by atoms with E-state index in [1.807, 2.05) is 72.3 Å². The number of piperidine rings is 1. The predicted molar refractivity (Wildman–Crippen MR) is 142 cm³/mol. The van der Waals surface area contributed by atoms with E-state index in [2.05, 4.69) is 17.0 Å². The zero-order chi connectivity index (χ0) is 25.2. The maximum Gasteiger partial charge on any atom is 0.141 e. The van der Waals surface area contributed by atoms with E-state index in [4.69, 9.17) is 10.2 Å². The van der Waals surface area contributed by atoms with Gasteiger partial charge in [0.05, 0.1) is 34.7 Å². The lowest BCUT2D eigenvalue weighted by atomic mass is 9.95. The number of nitrogens with zero attached hydrogens (tertiary/aromatic N) is 6. The first-order chi connectivity index (χ1) is 17.5. The molecule has 7 heteroatoms. The Hall–Kier alpha value is -4.02. The van der Waals surface area contributed by atoms with Crippen molar-refractivity contribution in [2.75, 3.05) is 20.1 Å². The van der Waals surface area contributed by atoms with Crippen molar-refractivity contribution in [1.29, 1.82) is 5.26 Å². The van der Waals surface area contributed by atoms with Gasteiger partial charge >= 0.3 is 0 Å². The fraction of sp³-hybridized carbons (Fsp3) is 0.276. The van der Waals surface area contributed by atoms with Crippen molar-refractivity contribution in [3.8, 4) is 28.5 Å². The molecule has 2 aromatic carbocycles. The molecule has 1 aliphatic rings. The lowest BCUT2D eigenvalue weighted by molar-refractivity contribution is 0.277. The van der Waals surface area contributed by atoms with Crippen molar-refractivity contribution in [3.05, 3.63) is 72.4 Å². The van der Waals surface area contributed by atoms with Crippen LogP contribution in [-0.2, 0) is 14.1 Å². The number of rotatable bonds is 2. The number of aromatic nitrogens is 4. The molecule has 0 spiro atoms. The first-order valence-electron chi connectivity index (χ1n) is 12.2. The molecule has 1 aliphatic heterocycles. The second-order valence-electron chi connectivity index (χ2n) is 9.42. The number of fused-ring (bicyclic) bond motifs is 2. The van der Waals surface area contributed by atoms with Gasteiger partial charge in [0.2, 0.25) is 0 Å². The first-order valence-corrected chi connectivity index (χ1v) is 12.2. The van der Waals surface area contributed by atoms with E-state index >= 15 is 0 Å². The van der Waals surface area contributed by atoms with Crippen molar-refractivity contribution in [1.82, 2.24) is 24.2 Å². The quantitative estimate of drug-likeness (QED) is 0.315. The van der Waals surface area contributed by atoms with Gasteiger partial charge in [-0.15, -0.1) is 0 Å². The van der Waals surface area contributed by atoms with Crippen LogP contribution in [0.4, 0.5) is 4.39 Å². The Bertz CT molecular complexity index is 1580. The number of hydrogen-bond donors (Lipinski definition) is 0. The minimum atomic E-state index is -0.536. The molecule has 0 aliphatic carbocycles. The molecule has 0 saturated carbocycles. The summed E-state index contributed by atoms with van der Waals surface area (Å²) >= 11 is 0. The fourth-order valence-corrected chi connectivity index (χ4v) is 4.87. The monoisotopic (exact) mass is 480 g/mol. The molecule has 6 rings (SSSR count). The molecule has 1 fully saturated rings. The van der Waals surface area contributed by atoms with Gasteiger partial charge in [-0.25, -0.2) is 4.39 Å². The van der Waals surface area contributed by atoms with Gasteiger partial charge in [0, 0.05) is 42.2 Å². The first kappa shape index (κ1) is 23.7. The number of pyridine rings is 1. The van der Waals surface area contributed by atoms with Crippen molar-refractivity contribution < 1.29 is 4.39 Å². The van der Waals surface area contributed by atoms with E-state index in [1.54, 1.807) is 6.07 Å². The van der Waals surface area contributed by atoms with Crippen LogP contribution in [0, 0.1) is 17.1 Å². The Balaban J connectivity index is 0.000000330. The highest BCUT2D eigenvalue weighted by atomic mass is 19.1. The third-order valence-electron chi connectivity index (χ3n) is 6.92. The van der Waals surface area contributed by atoms with Gasteiger partial charge in [-0.1, -0.05) is 18.6 Å². The van der Waals surface area contributed by atoms with Gasteiger partial charge in [0.15, 0.2) is 0 Å². The average Bonchev–Trinajstić information content (AvgIpc) is 3.46. The topological polar surface area (TPSA) is 62.7 Å². The van der Waals surface area contributed by atoms with Gasteiger partial charge in [-0.3, -0.25) is 9.67 Å². The number of likely N-dealkylation sites (tertiary alicyclic amines) is 1. The van der Waals surface area contributed by atoms with Crippen LogP contribution in [0.2, 0.25) is 0 Å². The molecule has 0 atom stereocenters. The van der Waals surface area contributed by atoms with Gasteiger partial charge in [0.25, 0.3) is 0 Å².